The summed E-state index contributed by atoms with van der Waals surface area (Å²) in [5.74, 6) is 0. The molecule has 1 aliphatic heterocycles. The summed E-state index contributed by atoms with van der Waals surface area (Å²) in [6.45, 7) is -1.20. The van der Waals surface area contributed by atoms with Crippen molar-refractivity contribution in [2.75, 3.05) is 13.2 Å². The molecule has 1 saturated heterocycles. The van der Waals surface area contributed by atoms with Crippen molar-refractivity contribution < 1.29 is 39.8 Å². The van der Waals surface area contributed by atoms with Crippen molar-refractivity contribution in [2.24, 2.45) is 0 Å². The van der Waals surface area contributed by atoms with Crippen molar-refractivity contribution in [3.63, 3.8) is 0 Å². The maximum absolute atomic E-state index is 10.4. The molecule has 0 unspecified atom stereocenters. The van der Waals surface area contributed by atoms with Crippen molar-refractivity contribution >= 4 is 6.29 Å². The fourth-order valence-electron chi connectivity index (χ4n) is 1.47. The minimum absolute atomic E-state index is 0.307. The summed E-state index contributed by atoms with van der Waals surface area (Å²) in [5, 5.41) is 46.0. The van der Waals surface area contributed by atoms with Crippen molar-refractivity contribution in [3.8, 4) is 0 Å². The number of hydrogen-bond donors (Lipinski definition) is 5. The third-order valence-corrected chi connectivity index (χ3v) is 2.49. The van der Waals surface area contributed by atoms with E-state index in [1.165, 1.54) is 0 Å². The molecule has 0 aliphatic carbocycles. The molecule has 1 heterocycles. The van der Waals surface area contributed by atoms with Gasteiger partial charge in [0.1, 0.15) is 30.5 Å². The number of rotatable bonds is 5. The molecule has 0 spiro atoms. The summed E-state index contributed by atoms with van der Waals surface area (Å²) < 4.78 is 9.84. The minimum Gasteiger partial charge on any atom is -0.394 e. The number of aliphatic hydroxyl groups excluding tert-OH is 5. The van der Waals surface area contributed by atoms with E-state index in [0.717, 1.165) is 0 Å². The van der Waals surface area contributed by atoms with Crippen molar-refractivity contribution in [1.29, 1.82) is 0 Å². The van der Waals surface area contributed by atoms with Crippen LogP contribution in [0.2, 0.25) is 0 Å². The van der Waals surface area contributed by atoms with Crippen LogP contribution in [0.4, 0.5) is 0 Å². The molecule has 0 aromatic heterocycles. The van der Waals surface area contributed by atoms with Gasteiger partial charge in [0, 0.05) is 0 Å². The number of hydrogen-bond acceptors (Lipinski definition) is 8. The van der Waals surface area contributed by atoms with E-state index in [4.69, 9.17) is 19.7 Å². The van der Waals surface area contributed by atoms with Gasteiger partial charge in [0.05, 0.1) is 13.2 Å². The molecule has 1 rings (SSSR count). The molecule has 0 amide bonds. The zero-order chi connectivity index (χ0) is 13.0. The van der Waals surface area contributed by atoms with Crippen LogP contribution >= 0.6 is 0 Å². The highest BCUT2D eigenvalue weighted by molar-refractivity contribution is 5.56. The number of aldehydes is 1. The van der Waals surface area contributed by atoms with Crippen LogP contribution in [0.25, 0.3) is 0 Å². The van der Waals surface area contributed by atoms with E-state index >= 15 is 0 Å². The number of aliphatic hydroxyl groups is 5. The second kappa shape index (κ2) is 6.36. The van der Waals surface area contributed by atoms with Gasteiger partial charge in [-0.2, -0.15) is 0 Å². The van der Waals surface area contributed by atoms with Gasteiger partial charge in [-0.05, 0) is 0 Å². The summed E-state index contributed by atoms with van der Waals surface area (Å²) in [4.78, 5) is 10.4. The fourth-order valence-corrected chi connectivity index (χ4v) is 1.47. The second-order valence-corrected chi connectivity index (χ2v) is 3.69. The molecule has 6 atom stereocenters. The van der Waals surface area contributed by atoms with Gasteiger partial charge in [0.25, 0.3) is 0 Å². The number of ether oxygens (including phenoxy) is 2. The van der Waals surface area contributed by atoms with Crippen LogP contribution in [0.3, 0.4) is 0 Å². The van der Waals surface area contributed by atoms with Gasteiger partial charge >= 0.3 is 0 Å². The molecule has 8 heteroatoms. The predicted octanol–water partition coefficient (Wildman–Crippen LogP) is -3.64. The summed E-state index contributed by atoms with van der Waals surface area (Å²) >= 11 is 0. The highest BCUT2D eigenvalue weighted by Gasteiger charge is 2.44. The third kappa shape index (κ3) is 3.19. The molecule has 1 fully saturated rings. The van der Waals surface area contributed by atoms with Crippen molar-refractivity contribution in [3.05, 3.63) is 0 Å². The maximum atomic E-state index is 10.4. The highest BCUT2D eigenvalue weighted by Crippen LogP contribution is 2.22. The van der Waals surface area contributed by atoms with Crippen LogP contribution in [-0.2, 0) is 14.3 Å². The molecule has 17 heavy (non-hydrogen) atoms. The predicted molar refractivity (Wildman–Crippen MR) is 51.8 cm³/mol. The topological polar surface area (TPSA) is 137 Å². The number of carbonyl (C=O) groups is 1. The first-order valence-electron chi connectivity index (χ1n) is 5.07. The van der Waals surface area contributed by atoms with Crippen LogP contribution < -0.4 is 0 Å². The lowest BCUT2D eigenvalue weighted by Crippen LogP contribution is -2.59. The van der Waals surface area contributed by atoms with E-state index in [0.29, 0.717) is 6.29 Å². The zero-order valence-corrected chi connectivity index (χ0v) is 8.92. The number of carbonyl (C=O) groups excluding carboxylic acids is 1. The van der Waals surface area contributed by atoms with Gasteiger partial charge in [-0.3, -0.25) is 0 Å². The average molecular weight is 252 g/mol. The van der Waals surface area contributed by atoms with Gasteiger partial charge in [0.2, 0.25) is 0 Å². The zero-order valence-electron chi connectivity index (χ0n) is 8.92. The highest BCUT2D eigenvalue weighted by atomic mass is 16.7. The monoisotopic (exact) mass is 252 g/mol. The Kier molecular flexibility index (Phi) is 5.40. The quantitative estimate of drug-likeness (QED) is 0.316. The van der Waals surface area contributed by atoms with E-state index in [1.807, 2.05) is 0 Å². The fraction of sp³-hybridized carbons (Fsp3) is 0.889. The lowest BCUT2D eigenvalue weighted by molar-refractivity contribution is -0.309. The molecule has 100 valence electrons. The Labute approximate surface area is 97.0 Å². The van der Waals surface area contributed by atoms with Crippen LogP contribution in [0.1, 0.15) is 0 Å². The largest absolute Gasteiger partial charge is 0.394 e. The molecule has 0 bridgehead atoms. The smallest absolute Gasteiger partial charge is 0.187 e. The molecule has 8 nitrogen and oxygen atoms in total. The first-order valence-corrected chi connectivity index (χ1v) is 5.07. The normalized spacial score (nSPS) is 39.9. The third-order valence-electron chi connectivity index (χ3n) is 2.49. The van der Waals surface area contributed by atoms with Gasteiger partial charge < -0.3 is 39.8 Å². The molecular formula is C9H16O8. The first kappa shape index (κ1) is 14.5. The minimum atomic E-state index is -1.58. The lowest BCUT2D eigenvalue weighted by Gasteiger charge is -2.40. The van der Waals surface area contributed by atoms with Crippen LogP contribution in [-0.4, -0.2) is 81.8 Å². The second-order valence-electron chi connectivity index (χ2n) is 3.69. The molecule has 5 N–H and O–H groups in total. The van der Waals surface area contributed by atoms with E-state index in [9.17, 15) is 20.1 Å². The molecular weight excluding hydrogens is 236 g/mol. The molecule has 0 aromatic carbocycles. The Morgan fingerprint density at radius 3 is 2.29 bits per heavy atom. The van der Waals surface area contributed by atoms with Crippen molar-refractivity contribution in [1.82, 2.24) is 0 Å². The molecule has 0 aromatic rings. The lowest BCUT2D eigenvalue weighted by atomic mass is 9.99. The van der Waals surface area contributed by atoms with Crippen LogP contribution in [0.15, 0.2) is 0 Å². The Morgan fingerprint density at radius 1 is 1.18 bits per heavy atom. The maximum Gasteiger partial charge on any atom is 0.187 e. The van der Waals surface area contributed by atoms with E-state index in [1.54, 1.807) is 0 Å². The summed E-state index contributed by atoms with van der Waals surface area (Å²) in [6, 6.07) is 0. The van der Waals surface area contributed by atoms with Gasteiger partial charge in [-0.25, -0.2) is 0 Å². The summed E-state index contributed by atoms with van der Waals surface area (Å²) in [6.07, 6.45) is -8.06. The average Bonchev–Trinajstić information content (AvgIpc) is 2.35. The van der Waals surface area contributed by atoms with Crippen LogP contribution in [0, 0.1) is 0 Å². The Hall–Kier alpha value is -0.610. The SMILES string of the molecule is O=C[C@@H](CO)O[C@@H]1O[C@H](CO)[C@H](O)[C@H](O)[C@H]1O. The van der Waals surface area contributed by atoms with Crippen molar-refractivity contribution in [2.45, 2.75) is 36.8 Å². The Morgan fingerprint density at radius 2 is 1.82 bits per heavy atom. The Bertz CT molecular complexity index is 245. The van der Waals surface area contributed by atoms with Gasteiger partial charge in [0.15, 0.2) is 12.6 Å². The van der Waals surface area contributed by atoms with E-state index in [2.05, 4.69) is 0 Å². The molecule has 1 aliphatic rings. The standard InChI is InChI=1S/C9H16O8/c10-1-4(2-11)16-9-8(15)7(14)6(13)5(3-12)17-9/h1,4-9,11-15H,2-3H2/t4-,5+,6-,7-,8+,9+/m0/s1. The first-order chi connectivity index (χ1) is 8.04. The summed E-state index contributed by atoms with van der Waals surface area (Å²) in [7, 11) is 0. The van der Waals surface area contributed by atoms with E-state index < -0.39 is 50.0 Å². The molecule has 0 saturated carbocycles. The molecule has 0 radical (unpaired) electrons. The van der Waals surface area contributed by atoms with Crippen LogP contribution in [0.5, 0.6) is 0 Å². The van der Waals surface area contributed by atoms with E-state index in [-0.39, 0.29) is 0 Å². The summed E-state index contributed by atoms with van der Waals surface area (Å²) in [5.41, 5.74) is 0. The Balaban J connectivity index is 2.68. The van der Waals surface area contributed by atoms with Gasteiger partial charge in [-0.1, -0.05) is 0 Å². The van der Waals surface area contributed by atoms with Gasteiger partial charge in [-0.15, -0.1) is 0 Å².